The highest BCUT2D eigenvalue weighted by atomic mass is 16.5. The quantitative estimate of drug-likeness (QED) is 0.889. The Morgan fingerprint density at radius 3 is 2.48 bits per heavy atom. The van der Waals surface area contributed by atoms with Crippen LogP contribution >= 0.6 is 0 Å². The van der Waals surface area contributed by atoms with E-state index in [0.29, 0.717) is 26.2 Å². The molecule has 6 heteroatoms. The van der Waals surface area contributed by atoms with Gasteiger partial charge in [0.1, 0.15) is 5.75 Å². The Morgan fingerprint density at radius 2 is 1.88 bits per heavy atom. The fraction of sp³-hybridized carbons (Fsp3) is 0.579. The maximum absolute atomic E-state index is 12.4. The molecule has 0 saturated carbocycles. The first-order valence-electron chi connectivity index (χ1n) is 8.94. The molecule has 0 bridgehead atoms. The summed E-state index contributed by atoms with van der Waals surface area (Å²) in [6.07, 6.45) is 0.911. The van der Waals surface area contributed by atoms with Crippen LogP contribution in [0.1, 0.15) is 31.4 Å². The van der Waals surface area contributed by atoms with Crippen LogP contribution in [0.15, 0.2) is 18.2 Å². The molecule has 1 saturated heterocycles. The van der Waals surface area contributed by atoms with Crippen LogP contribution < -0.4 is 10.1 Å². The Labute approximate surface area is 150 Å². The van der Waals surface area contributed by atoms with Crippen molar-refractivity contribution in [2.75, 3.05) is 32.8 Å². The highest BCUT2D eigenvalue weighted by molar-refractivity contribution is 5.79. The van der Waals surface area contributed by atoms with E-state index < -0.39 is 0 Å². The number of piperazine rings is 1. The molecule has 6 nitrogen and oxygen atoms in total. The zero-order chi connectivity index (χ0) is 18.4. The fourth-order valence-electron chi connectivity index (χ4n) is 3.07. The van der Waals surface area contributed by atoms with Crippen LogP contribution in [-0.2, 0) is 4.79 Å². The summed E-state index contributed by atoms with van der Waals surface area (Å²) >= 11 is 0. The van der Waals surface area contributed by atoms with E-state index >= 15 is 0 Å². The Balaban J connectivity index is 1.84. The van der Waals surface area contributed by atoms with Crippen LogP contribution in [0.4, 0.5) is 4.79 Å². The Bertz CT molecular complexity index is 598. The molecule has 3 amide bonds. The molecular weight excluding hydrogens is 318 g/mol. The summed E-state index contributed by atoms with van der Waals surface area (Å²) in [7, 11) is 0. The van der Waals surface area contributed by atoms with Crippen LogP contribution in [0.3, 0.4) is 0 Å². The first kappa shape index (κ1) is 19.1. The molecule has 1 N–H and O–H groups in total. The molecule has 1 atom stereocenters. The van der Waals surface area contributed by atoms with Gasteiger partial charge in [0, 0.05) is 32.2 Å². The van der Waals surface area contributed by atoms with Gasteiger partial charge < -0.3 is 19.9 Å². The van der Waals surface area contributed by atoms with Gasteiger partial charge in [-0.05, 0) is 50.5 Å². The molecular formula is C19H29N3O3. The molecule has 0 aliphatic carbocycles. The highest BCUT2D eigenvalue weighted by Gasteiger charge is 2.29. The summed E-state index contributed by atoms with van der Waals surface area (Å²) in [6, 6.07) is 5.88. The molecule has 0 aromatic heterocycles. The second kappa shape index (κ2) is 8.74. The molecule has 1 aromatic carbocycles. The van der Waals surface area contributed by atoms with E-state index in [2.05, 4.69) is 11.4 Å². The van der Waals surface area contributed by atoms with Crippen molar-refractivity contribution in [2.45, 2.75) is 40.2 Å². The van der Waals surface area contributed by atoms with Gasteiger partial charge in [0.25, 0.3) is 5.91 Å². The topological polar surface area (TPSA) is 61.9 Å². The molecule has 1 aliphatic rings. The lowest BCUT2D eigenvalue weighted by atomic mass is 10.1. The predicted molar refractivity (Wildman–Crippen MR) is 97.8 cm³/mol. The lowest BCUT2D eigenvalue weighted by Crippen LogP contribution is -2.58. The molecule has 0 spiro atoms. The summed E-state index contributed by atoms with van der Waals surface area (Å²) < 4.78 is 5.66. The third-order valence-corrected chi connectivity index (χ3v) is 4.32. The number of benzene rings is 1. The van der Waals surface area contributed by atoms with E-state index in [9.17, 15) is 9.59 Å². The number of hydrogen-bond donors (Lipinski definition) is 1. The number of carbonyl (C=O) groups is 2. The molecule has 0 radical (unpaired) electrons. The minimum Gasteiger partial charge on any atom is -0.484 e. The van der Waals surface area contributed by atoms with Gasteiger partial charge >= 0.3 is 6.03 Å². The van der Waals surface area contributed by atoms with Gasteiger partial charge in [0.15, 0.2) is 6.61 Å². The van der Waals surface area contributed by atoms with Crippen molar-refractivity contribution in [3.63, 3.8) is 0 Å². The minimum absolute atomic E-state index is 0.00392. The largest absolute Gasteiger partial charge is 0.484 e. The van der Waals surface area contributed by atoms with Gasteiger partial charge in [-0.2, -0.15) is 0 Å². The highest BCUT2D eigenvalue weighted by Crippen LogP contribution is 2.17. The van der Waals surface area contributed by atoms with Gasteiger partial charge in [-0.25, -0.2) is 4.79 Å². The van der Waals surface area contributed by atoms with E-state index in [1.54, 1.807) is 9.80 Å². The van der Waals surface area contributed by atoms with Crippen LogP contribution in [0.25, 0.3) is 0 Å². The molecule has 2 rings (SSSR count). The van der Waals surface area contributed by atoms with Gasteiger partial charge in [-0.1, -0.05) is 13.0 Å². The zero-order valence-electron chi connectivity index (χ0n) is 15.7. The molecule has 138 valence electrons. The number of urea groups is 1. The van der Waals surface area contributed by atoms with Crippen molar-refractivity contribution >= 4 is 11.9 Å². The second-order valence-corrected chi connectivity index (χ2v) is 6.73. The number of aryl methyl sites for hydroxylation is 2. The fourth-order valence-corrected chi connectivity index (χ4v) is 3.07. The molecule has 1 fully saturated rings. The van der Waals surface area contributed by atoms with Crippen molar-refractivity contribution in [1.82, 2.24) is 15.1 Å². The van der Waals surface area contributed by atoms with Crippen molar-refractivity contribution in [1.29, 1.82) is 0 Å². The maximum Gasteiger partial charge on any atom is 0.317 e. The number of ether oxygens (including phenoxy) is 1. The molecule has 1 aliphatic heterocycles. The number of rotatable bonds is 5. The normalized spacial score (nSPS) is 17.4. The SMILES string of the molecule is CCCNC(=O)N1CCN(C(=O)COc2cc(C)cc(C)c2)C[C@H]1C. The summed E-state index contributed by atoms with van der Waals surface area (Å²) in [6.45, 7) is 10.3. The summed E-state index contributed by atoms with van der Waals surface area (Å²) in [5, 5.41) is 2.89. The molecule has 0 unspecified atom stereocenters. The van der Waals surface area contributed by atoms with Crippen LogP contribution in [0, 0.1) is 13.8 Å². The molecule has 1 aromatic rings. The van der Waals surface area contributed by atoms with E-state index in [4.69, 9.17) is 4.74 Å². The number of hydrogen-bond acceptors (Lipinski definition) is 3. The lowest BCUT2D eigenvalue weighted by Gasteiger charge is -2.39. The number of amides is 3. The smallest absolute Gasteiger partial charge is 0.317 e. The van der Waals surface area contributed by atoms with E-state index in [1.165, 1.54) is 0 Å². The number of nitrogens with one attached hydrogen (secondary N) is 1. The van der Waals surface area contributed by atoms with Gasteiger partial charge in [0.2, 0.25) is 0 Å². The van der Waals surface area contributed by atoms with Gasteiger partial charge in [0.05, 0.1) is 0 Å². The first-order valence-corrected chi connectivity index (χ1v) is 8.94. The van der Waals surface area contributed by atoms with Gasteiger partial charge in [-0.15, -0.1) is 0 Å². The van der Waals surface area contributed by atoms with Crippen molar-refractivity contribution in [2.24, 2.45) is 0 Å². The maximum atomic E-state index is 12.4. The van der Waals surface area contributed by atoms with Crippen LogP contribution in [-0.4, -0.2) is 60.6 Å². The molecule has 1 heterocycles. The van der Waals surface area contributed by atoms with Crippen molar-refractivity contribution in [3.05, 3.63) is 29.3 Å². The third kappa shape index (κ3) is 5.37. The summed E-state index contributed by atoms with van der Waals surface area (Å²) in [5.41, 5.74) is 2.23. The summed E-state index contributed by atoms with van der Waals surface area (Å²) in [4.78, 5) is 28.1. The Kier molecular flexibility index (Phi) is 6.67. The van der Waals surface area contributed by atoms with E-state index in [1.807, 2.05) is 39.8 Å². The number of nitrogens with zero attached hydrogens (tertiary/aromatic N) is 2. The van der Waals surface area contributed by atoms with Crippen molar-refractivity contribution < 1.29 is 14.3 Å². The molecule has 25 heavy (non-hydrogen) atoms. The zero-order valence-corrected chi connectivity index (χ0v) is 15.7. The van der Waals surface area contributed by atoms with Gasteiger partial charge in [-0.3, -0.25) is 4.79 Å². The number of carbonyl (C=O) groups excluding carboxylic acids is 2. The Morgan fingerprint density at radius 1 is 1.20 bits per heavy atom. The first-order chi connectivity index (χ1) is 11.9. The average Bonchev–Trinajstić information content (AvgIpc) is 2.56. The standard InChI is InChI=1S/C19H29N3O3/c1-5-6-20-19(24)22-8-7-21(12-16(22)4)18(23)13-25-17-10-14(2)9-15(3)11-17/h9-11,16H,5-8,12-13H2,1-4H3,(H,20,24)/t16-/m1/s1. The second-order valence-electron chi connectivity index (χ2n) is 6.73. The minimum atomic E-state index is -0.0482. The van der Waals surface area contributed by atoms with Crippen LogP contribution in [0.5, 0.6) is 5.75 Å². The van der Waals surface area contributed by atoms with E-state index in [-0.39, 0.29) is 24.6 Å². The van der Waals surface area contributed by atoms with Crippen LogP contribution in [0.2, 0.25) is 0 Å². The third-order valence-electron chi connectivity index (χ3n) is 4.32. The van der Waals surface area contributed by atoms with Crippen molar-refractivity contribution in [3.8, 4) is 5.75 Å². The summed E-state index contributed by atoms with van der Waals surface area (Å²) in [5.74, 6) is 0.677. The Hall–Kier alpha value is -2.24. The lowest BCUT2D eigenvalue weighted by molar-refractivity contribution is -0.135. The average molecular weight is 347 g/mol. The van der Waals surface area contributed by atoms with E-state index in [0.717, 1.165) is 23.3 Å². The predicted octanol–water partition coefficient (Wildman–Crippen LogP) is 2.33. The monoisotopic (exact) mass is 347 g/mol.